The minimum atomic E-state index is 1.29. The third kappa shape index (κ3) is 3.98. The van der Waals surface area contributed by atoms with Gasteiger partial charge >= 0.3 is 0 Å². The van der Waals surface area contributed by atoms with Gasteiger partial charge < -0.3 is 0 Å². The zero-order valence-electron chi connectivity index (χ0n) is 7.54. The molecular weight excluding hydrogens is 184 g/mol. The van der Waals surface area contributed by atoms with Crippen LogP contribution in [0.2, 0.25) is 0 Å². The molecule has 1 aliphatic heterocycles. The molecule has 0 bridgehead atoms. The molecule has 0 aliphatic carbocycles. The summed E-state index contributed by atoms with van der Waals surface area (Å²) >= 11 is 3.74. The third-order valence-electron chi connectivity index (χ3n) is 1.54. The third-order valence-corrected chi connectivity index (χ3v) is 3.41. The standard InChI is InChI=1S/C5H8S.C5H6S/c2*1-5-3-2-4-6-5/h3H,2,4H2,1H3;2-4H,1H3. The molecule has 1 aromatic heterocycles. The van der Waals surface area contributed by atoms with Crippen molar-refractivity contribution in [1.82, 2.24) is 0 Å². The smallest absolute Gasteiger partial charge is 0.00141 e. The summed E-state index contributed by atoms with van der Waals surface area (Å²) in [7, 11) is 0. The fourth-order valence-corrected chi connectivity index (χ4v) is 2.22. The van der Waals surface area contributed by atoms with E-state index in [1.165, 1.54) is 22.0 Å². The molecule has 0 radical (unpaired) electrons. The molecule has 0 amide bonds. The zero-order valence-corrected chi connectivity index (χ0v) is 9.17. The summed E-state index contributed by atoms with van der Waals surface area (Å²) in [6, 6.07) is 4.16. The van der Waals surface area contributed by atoms with Gasteiger partial charge in [-0.3, -0.25) is 0 Å². The first-order valence-electron chi connectivity index (χ1n) is 4.08. The number of rotatable bonds is 0. The molecular formula is C10H14S2. The molecule has 0 fully saturated rings. The van der Waals surface area contributed by atoms with Crippen molar-refractivity contribution in [1.29, 1.82) is 0 Å². The van der Waals surface area contributed by atoms with Crippen LogP contribution in [0, 0.1) is 6.92 Å². The molecule has 0 unspecified atom stereocenters. The lowest BCUT2D eigenvalue weighted by molar-refractivity contribution is 1.27. The Balaban J connectivity index is 0.000000120. The van der Waals surface area contributed by atoms with Gasteiger partial charge in [-0.05, 0) is 36.6 Å². The van der Waals surface area contributed by atoms with Crippen molar-refractivity contribution < 1.29 is 0 Å². The van der Waals surface area contributed by atoms with E-state index in [0.717, 1.165) is 0 Å². The van der Waals surface area contributed by atoms with E-state index in [1.807, 2.05) is 11.8 Å². The van der Waals surface area contributed by atoms with E-state index >= 15 is 0 Å². The Morgan fingerprint density at radius 1 is 1.33 bits per heavy atom. The van der Waals surface area contributed by atoms with Crippen LogP contribution in [0.5, 0.6) is 0 Å². The van der Waals surface area contributed by atoms with Crippen LogP contribution in [0.4, 0.5) is 0 Å². The number of aryl methyl sites for hydroxylation is 1. The molecule has 0 nitrogen and oxygen atoms in total. The Kier molecular flexibility index (Phi) is 4.48. The summed E-state index contributed by atoms with van der Waals surface area (Å²) in [6.45, 7) is 4.27. The Bertz CT molecular complexity index is 234. The average Bonchev–Trinajstić information content (AvgIpc) is 2.63. The molecule has 0 atom stereocenters. The number of hydrogen-bond acceptors (Lipinski definition) is 2. The first-order chi connectivity index (χ1) is 5.79. The fourth-order valence-electron chi connectivity index (χ4n) is 0.902. The van der Waals surface area contributed by atoms with Crippen LogP contribution in [-0.2, 0) is 0 Å². The van der Waals surface area contributed by atoms with Gasteiger partial charge in [-0.15, -0.1) is 23.1 Å². The Morgan fingerprint density at radius 3 is 2.33 bits per heavy atom. The minimum absolute atomic E-state index is 1.29. The maximum Gasteiger partial charge on any atom is 0.00141 e. The lowest BCUT2D eigenvalue weighted by Crippen LogP contribution is -1.57. The van der Waals surface area contributed by atoms with Gasteiger partial charge in [-0.1, -0.05) is 12.1 Å². The van der Waals surface area contributed by atoms with Crippen LogP contribution in [0.3, 0.4) is 0 Å². The summed E-state index contributed by atoms with van der Waals surface area (Å²) < 4.78 is 0. The van der Waals surface area contributed by atoms with Gasteiger partial charge in [0.25, 0.3) is 0 Å². The van der Waals surface area contributed by atoms with E-state index < -0.39 is 0 Å². The Hall–Kier alpha value is -0.210. The second-order valence-electron chi connectivity index (χ2n) is 2.68. The van der Waals surface area contributed by atoms with Crippen molar-refractivity contribution in [2.45, 2.75) is 20.3 Å². The monoisotopic (exact) mass is 198 g/mol. The van der Waals surface area contributed by atoms with Gasteiger partial charge in [-0.2, -0.15) is 0 Å². The molecule has 0 N–H and O–H groups in total. The molecule has 2 heteroatoms. The number of allylic oxidation sites excluding steroid dienone is 2. The summed E-state index contributed by atoms with van der Waals surface area (Å²) in [5.41, 5.74) is 0. The number of thioether (sulfide) groups is 1. The maximum atomic E-state index is 2.28. The summed E-state index contributed by atoms with van der Waals surface area (Å²) in [5.74, 6) is 1.31. The Morgan fingerprint density at radius 2 is 2.17 bits per heavy atom. The van der Waals surface area contributed by atoms with Crippen LogP contribution in [-0.4, -0.2) is 5.75 Å². The van der Waals surface area contributed by atoms with Crippen LogP contribution in [0.1, 0.15) is 18.2 Å². The fraction of sp³-hybridized carbons (Fsp3) is 0.400. The van der Waals surface area contributed by atoms with Crippen molar-refractivity contribution in [2.24, 2.45) is 0 Å². The van der Waals surface area contributed by atoms with Gasteiger partial charge in [0.2, 0.25) is 0 Å². The van der Waals surface area contributed by atoms with Gasteiger partial charge in [0.05, 0.1) is 0 Å². The van der Waals surface area contributed by atoms with Gasteiger partial charge in [0.15, 0.2) is 0 Å². The lowest BCUT2D eigenvalue weighted by Gasteiger charge is -1.80. The SMILES string of the molecule is CC1=CCCS1.Cc1cccs1. The highest BCUT2D eigenvalue weighted by Crippen LogP contribution is 2.22. The Labute approximate surface area is 82.7 Å². The maximum absolute atomic E-state index is 2.28. The van der Waals surface area contributed by atoms with E-state index in [0.29, 0.717) is 0 Å². The molecule has 1 aliphatic rings. The van der Waals surface area contributed by atoms with E-state index in [2.05, 4.69) is 37.4 Å². The molecule has 0 saturated heterocycles. The van der Waals surface area contributed by atoms with Gasteiger partial charge in [0.1, 0.15) is 0 Å². The number of hydrogen-bond donors (Lipinski definition) is 0. The minimum Gasteiger partial charge on any atom is -0.149 e. The van der Waals surface area contributed by atoms with E-state index in [9.17, 15) is 0 Å². The highest BCUT2D eigenvalue weighted by molar-refractivity contribution is 8.03. The van der Waals surface area contributed by atoms with E-state index in [1.54, 1.807) is 11.3 Å². The topological polar surface area (TPSA) is 0 Å². The summed E-state index contributed by atoms with van der Waals surface area (Å²) in [4.78, 5) is 2.88. The molecule has 1 aromatic rings. The van der Waals surface area contributed by atoms with Gasteiger partial charge in [-0.25, -0.2) is 0 Å². The van der Waals surface area contributed by atoms with Crippen LogP contribution in [0.15, 0.2) is 28.5 Å². The molecule has 66 valence electrons. The predicted octanol–water partition coefficient (Wildman–Crippen LogP) is 4.08. The first kappa shape index (κ1) is 9.87. The molecule has 0 saturated carbocycles. The largest absolute Gasteiger partial charge is 0.149 e. The van der Waals surface area contributed by atoms with Gasteiger partial charge in [0, 0.05) is 10.6 Å². The summed E-state index contributed by atoms with van der Waals surface area (Å²) in [6.07, 6.45) is 3.57. The normalized spacial score (nSPS) is 15.0. The first-order valence-corrected chi connectivity index (χ1v) is 5.95. The second-order valence-corrected chi connectivity index (χ2v) is 5.17. The molecule has 2 rings (SSSR count). The van der Waals surface area contributed by atoms with E-state index in [-0.39, 0.29) is 0 Å². The molecule has 0 spiro atoms. The van der Waals surface area contributed by atoms with Crippen molar-refractivity contribution >= 4 is 23.1 Å². The zero-order chi connectivity index (χ0) is 8.81. The molecule has 0 aromatic carbocycles. The lowest BCUT2D eigenvalue weighted by atomic mass is 10.4. The highest BCUT2D eigenvalue weighted by Gasteiger charge is 1.95. The van der Waals surface area contributed by atoms with Crippen LogP contribution in [0.25, 0.3) is 0 Å². The quantitative estimate of drug-likeness (QED) is 0.605. The van der Waals surface area contributed by atoms with E-state index in [4.69, 9.17) is 0 Å². The average molecular weight is 198 g/mol. The van der Waals surface area contributed by atoms with Crippen molar-refractivity contribution in [3.05, 3.63) is 33.4 Å². The highest BCUT2D eigenvalue weighted by atomic mass is 32.2. The van der Waals surface area contributed by atoms with Crippen molar-refractivity contribution in [3.63, 3.8) is 0 Å². The predicted molar refractivity (Wildman–Crippen MR) is 59.9 cm³/mol. The second kappa shape index (κ2) is 5.44. The van der Waals surface area contributed by atoms with Crippen molar-refractivity contribution in [3.8, 4) is 0 Å². The van der Waals surface area contributed by atoms with Crippen molar-refractivity contribution in [2.75, 3.05) is 5.75 Å². The molecule has 2 heterocycles. The van der Waals surface area contributed by atoms with Crippen LogP contribution >= 0.6 is 23.1 Å². The molecule has 12 heavy (non-hydrogen) atoms. The van der Waals surface area contributed by atoms with Crippen LogP contribution < -0.4 is 0 Å². The summed E-state index contributed by atoms with van der Waals surface area (Å²) in [5, 5.41) is 2.08. The number of thiophene rings is 1.